The number of hydrogen-bond donors (Lipinski definition) is 1. The first-order chi connectivity index (χ1) is 11.5. The van der Waals surface area contributed by atoms with Crippen LogP contribution in [0.25, 0.3) is 5.69 Å². The average Bonchev–Trinajstić information content (AvgIpc) is 2.97. The van der Waals surface area contributed by atoms with Crippen LogP contribution in [-0.2, 0) is 4.79 Å². The Morgan fingerprint density at radius 1 is 1.21 bits per heavy atom. The van der Waals surface area contributed by atoms with Crippen LogP contribution >= 0.6 is 0 Å². The summed E-state index contributed by atoms with van der Waals surface area (Å²) in [4.78, 5) is 26.1. The van der Waals surface area contributed by atoms with Gasteiger partial charge in [0.15, 0.2) is 5.69 Å². The molecule has 1 aromatic carbocycles. The van der Waals surface area contributed by atoms with Crippen molar-refractivity contribution < 1.29 is 9.59 Å². The van der Waals surface area contributed by atoms with Gasteiger partial charge in [-0.3, -0.25) is 9.59 Å². The molecule has 126 valence electrons. The summed E-state index contributed by atoms with van der Waals surface area (Å²) in [7, 11) is 0. The lowest BCUT2D eigenvalue weighted by molar-refractivity contribution is -0.123. The normalized spacial score (nSPS) is 20.8. The Morgan fingerprint density at radius 2 is 1.92 bits per heavy atom. The summed E-state index contributed by atoms with van der Waals surface area (Å²) < 4.78 is 1.65. The lowest BCUT2D eigenvalue weighted by atomic mass is 9.92. The largest absolute Gasteiger partial charge is 0.369 e. The molecule has 0 bridgehead atoms. The van der Waals surface area contributed by atoms with Crippen LogP contribution in [0.15, 0.2) is 30.3 Å². The molecule has 0 aliphatic carbocycles. The van der Waals surface area contributed by atoms with E-state index in [4.69, 9.17) is 5.73 Å². The van der Waals surface area contributed by atoms with E-state index in [2.05, 4.69) is 10.3 Å². The zero-order valence-electron chi connectivity index (χ0n) is 13.8. The number of hydrogen-bond acceptors (Lipinski definition) is 4. The third-order valence-electron chi connectivity index (χ3n) is 4.64. The Kier molecular flexibility index (Phi) is 4.33. The Bertz CT molecular complexity index is 756. The van der Waals surface area contributed by atoms with Crippen LogP contribution in [0.4, 0.5) is 0 Å². The smallest absolute Gasteiger partial charge is 0.276 e. The SMILES string of the molecule is Cc1c(C(=O)N2C[C@H](C(N)=O)CC[C@@H]2C)nnn1-c1ccccc1. The van der Waals surface area contributed by atoms with Crippen molar-refractivity contribution in [3.05, 3.63) is 41.7 Å². The third kappa shape index (κ3) is 2.89. The van der Waals surface area contributed by atoms with Gasteiger partial charge in [0.05, 0.1) is 17.3 Å². The first kappa shape index (κ1) is 16.2. The molecular formula is C17H21N5O2. The maximum atomic E-state index is 12.9. The Hall–Kier alpha value is -2.70. The van der Waals surface area contributed by atoms with Crippen LogP contribution in [0.1, 0.15) is 35.9 Å². The number of aromatic nitrogens is 3. The van der Waals surface area contributed by atoms with E-state index < -0.39 is 0 Å². The number of benzene rings is 1. The number of piperidine rings is 1. The summed E-state index contributed by atoms with van der Waals surface area (Å²) in [6.45, 7) is 4.14. The maximum absolute atomic E-state index is 12.9. The molecule has 1 aromatic heterocycles. The molecule has 3 rings (SSSR count). The van der Waals surface area contributed by atoms with E-state index in [1.54, 1.807) is 9.58 Å². The summed E-state index contributed by atoms with van der Waals surface area (Å²) in [6, 6.07) is 9.59. The van der Waals surface area contributed by atoms with Crippen molar-refractivity contribution in [1.82, 2.24) is 19.9 Å². The molecule has 2 N–H and O–H groups in total. The zero-order chi connectivity index (χ0) is 17.3. The van der Waals surface area contributed by atoms with Crippen LogP contribution in [-0.4, -0.2) is 44.3 Å². The van der Waals surface area contributed by atoms with Crippen LogP contribution < -0.4 is 5.73 Å². The van der Waals surface area contributed by atoms with Crippen LogP contribution in [0, 0.1) is 12.8 Å². The van der Waals surface area contributed by atoms with Crippen molar-refractivity contribution in [2.24, 2.45) is 11.7 Å². The molecule has 7 heteroatoms. The fraction of sp³-hybridized carbons (Fsp3) is 0.412. The van der Waals surface area contributed by atoms with Crippen molar-refractivity contribution >= 4 is 11.8 Å². The monoisotopic (exact) mass is 327 g/mol. The van der Waals surface area contributed by atoms with Crippen LogP contribution in [0.2, 0.25) is 0 Å². The predicted molar refractivity (Wildman–Crippen MR) is 88.5 cm³/mol. The van der Waals surface area contributed by atoms with Crippen molar-refractivity contribution in [1.29, 1.82) is 0 Å². The van der Waals surface area contributed by atoms with Gasteiger partial charge in [-0.05, 0) is 38.8 Å². The highest BCUT2D eigenvalue weighted by Gasteiger charge is 2.34. The number of carbonyl (C=O) groups excluding carboxylic acids is 2. The minimum atomic E-state index is -0.357. The van der Waals surface area contributed by atoms with Gasteiger partial charge in [-0.15, -0.1) is 5.10 Å². The van der Waals surface area contributed by atoms with E-state index >= 15 is 0 Å². The number of amides is 2. The van der Waals surface area contributed by atoms with Gasteiger partial charge in [0.2, 0.25) is 5.91 Å². The molecule has 2 atom stereocenters. The first-order valence-electron chi connectivity index (χ1n) is 8.07. The highest BCUT2D eigenvalue weighted by molar-refractivity contribution is 5.94. The van der Waals surface area contributed by atoms with Gasteiger partial charge in [0.1, 0.15) is 0 Å². The molecule has 1 aliphatic heterocycles. The standard InChI is InChI=1S/C17H21N5O2/c1-11-8-9-13(16(18)23)10-21(11)17(24)15-12(2)22(20-19-15)14-6-4-3-5-7-14/h3-7,11,13H,8-10H2,1-2H3,(H2,18,23)/t11-,13+/m0/s1. The number of para-hydroxylation sites is 1. The van der Waals surface area contributed by atoms with Gasteiger partial charge in [0, 0.05) is 12.6 Å². The summed E-state index contributed by atoms with van der Waals surface area (Å²) in [6.07, 6.45) is 1.47. The zero-order valence-corrected chi connectivity index (χ0v) is 13.8. The molecule has 2 amide bonds. The lowest BCUT2D eigenvalue weighted by Crippen LogP contribution is -2.48. The molecule has 0 spiro atoms. The van der Waals surface area contributed by atoms with Crippen molar-refractivity contribution in [3.63, 3.8) is 0 Å². The number of carbonyl (C=O) groups is 2. The van der Waals surface area contributed by atoms with Gasteiger partial charge in [0.25, 0.3) is 5.91 Å². The molecule has 2 heterocycles. The van der Waals surface area contributed by atoms with Gasteiger partial charge in [-0.25, -0.2) is 4.68 Å². The Balaban J connectivity index is 1.87. The predicted octanol–water partition coefficient (Wildman–Crippen LogP) is 1.30. The number of rotatable bonds is 3. The topological polar surface area (TPSA) is 94.1 Å². The van der Waals surface area contributed by atoms with E-state index in [9.17, 15) is 9.59 Å². The molecule has 1 saturated heterocycles. The first-order valence-corrected chi connectivity index (χ1v) is 8.07. The molecular weight excluding hydrogens is 306 g/mol. The van der Waals surface area contributed by atoms with Crippen LogP contribution in [0.3, 0.4) is 0 Å². The van der Waals surface area contributed by atoms with E-state index in [1.165, 1.54) is 0 Å². The van der Waals surface area contributed by atoms with Crippen molar-refractivity contribution in [2.45, 2.75) is 32.7 Å². The average molecular weight is 327 g/mol. The van der Waals surface area contributed by atoms with Gasteiger partial charge >= 0.3 is 0 Å². The molecule has 7 nitrogen and oxygen atoms in total. The van der Waals surface area contributed by atoms with E-state index in [1.807, 2.05) is 44.2 Å². The van der Waals surface area contributed by atoms with Gasteiger partial charge < -0.3 is 10.6 Å². The summed E-state index contributed by atoms with van der Waals surface area (Å²) in [5.41, 5.74) is 7.26. The second-order valence-electron chi connectivity index (χ2n) is 6.25. The van der Waals surface area contributed by atoms with Gasteiger partial charge in [-0.1, -0.05) is 23.4 Å². The molecule has 0 unspecified atom stereocenters. The fourth-order valence-corrected chi connectivity index (χ4v) is 3.10. The van der Waals surface area contributed by atoms with Crippen LogP contribution in [0.5, 0.6) is 0 Å². The fourth-order valence-electron chi connectivity index (χ4n) is 3.10. The Morgan fingerprint density at radius 3 is 2.58 bits per heavy atom. The van der Waals surface area contributed by atoms with Crippen molar-refractivity contribution in [2.75, 3.05) is 6.54 Å². The highest BCUT2D eigenvalue weighted by Crippen LogP contribution is 2.24. The molecule has 0 saturated carbocycles. The third-order valence-corrected chi connectivity index (χ3v) is 4.64. The number of likely N-dealkylation sites (tertiary alicyclic amines) is 1. The number of nitrogens with two attached hydrogens (primary N) is 1. The second kappa shape index (κ2) is 6.43. The minimum absolute atomic E-state index is 0.0503. The quantitative estimate of drug-likeness (QED) is 0.919. The second-order valence-corrected chi connectivity index (χ2v) is 6.25. The van der Waals surface area contributed by atoms with E-state index in [0.29, 0.717) is 17.9 Å². The minimum Gasteiger partial charge on any atom is -0.369 e. The summed E-state index contributed by atoms with van der Waals surface area (Å²) >= 11 is 0. The molecule has 1 fully saturated rings. The van der Waals surface area contributed by atoms with E-state index in [0.717, 1.165) is 18.5 Å². The maximum Gasteiger partial charge on any atom is 0.276 e. The molecule has 0 radical (unpaired) electrons. The lowest BCUT2D eigenvalue weighted by Gasteiger charge is -2.36. The summed E-state index contributed by atoms with van der Waals surface area (Å²) in [5, 5.41) is 8.19. The van der Waals surface area contributed by atoms with E-state index in [-0.39, 0.29) is 23.8 Å². The Labute approximate surface area is 140 Å². The number of primary amides is 1. The van der Waals surface area contributed by atoms with Gasteiger partial charge in [-0.2, -0.15) is 0 Å². The van der Waals surface area contributed by atoms with Crippen molar-refractivity contribution in [3.8, 4) is 5.69 Å². The number of nitrogens with zero attached hydrogens (tertiary/aromatic N) is 4. The summed E-state index contributed by atoms with van der Waals surface area (Å²) in [5.74, 6) is -0.855. The molecule has 2 aromatic rings. The molecule has 1 aliphatic rings. The highest BCUT2D eigenvalue weighted by atomic mass is 16.2. The molecule has 24 heavy (non-hydrogen) atoms.